The van der Waals surface area contributed by atoms with Gasteiger partial charge in [0.05, 0.1) is 16.6 Å². The molecule has 4 nitrogen and oxygen atoms in total. The molecule has 134 valence electrons. The van der Waals surface area contributed by atoms with E-state index in [1.807, 2.05) is 28.2 Å². The number of rotatable bonds is 6. The first-order valence-electron chi connectivity index (χ1n) is 7.96. The maximum atomic E-state index is 12.4. The van der Waals surface area contributed by atoms with E-state index in [0.717, 1.165) is 11.3 Å². The van der Waals surface area contributed by atoms with E-state index in [0.29, 0.717) is 22.2 Å². The molecule has 0 aliphatic carbocycles. The third-order valence-corrected chi connectivity index (χ3v) is 4.61. The van der Waals surface area contributed by atoms with Crippen LogP contribution in [-0.2, 0) is 0 Å². The minimum absolute atomic E-state index is 0.0538. The highest BCUT2D eigenvalue weighted by Gasteiger charge is 2.17. The molecule has 0 aliphatic heterocycles. The Morgan fingerprint density at radius 3 is 2.24 bits per heavy atom. The van der Waals surface area contributed by atoms with Crippen molar-refractivity contribution in [2.75, 3.05) is 39.6 Å². The van der Waals surface area contributed by atoms with Crippen molar-refractivity contribution in [3.63, 3.8) is 0 Å². The topological polar surface area (TPSA) is 35.6 Å². The molecule has 0 heterocycles. The molecular formula is C19H23Cl2N3O. The van der Waals surface area contributed by atoms with Crippen molar-refractivity contribution < 1.29 is 4.79 Å². The van der Waals surface area contributed by atoms with Crippen molar-refractivity contribution in [3.8, 4) is 0 Å². The molecule has 0 unspecified atom stereocenters. The van der Waals surface area contributed by atoms with E-state index < -0.39 is 0 Å². The lowest BCUT2D eigenvalue weighted by molar-refractivity contribution is 0.0942. The largest absolute Gasteiger partial charge is 0.378 e. The highest BCUT2D eigenvalue weighted by atomic mass is 35.5. The number of nitrogens with one attached hydrogen (secondary N) is 1. The highest BCUT2D eigenvalue weighted by molar-refractivity contribution is 6.35. The lowest BCUT2D eigenvalue weighted by Crippen LogP contribution is -2.34. The minimum atomic E-state index is -0.232. The summed E-state index contributed by atoms with van der Waals surface area (Å²) in [5, 5.41) is 3.82. The van der Waals surface area contributed by atoms with Crippen LogP contribution < -0.4 is 10.2 Å². The maximum absolute atomic E-state index is 12.4. The van der Waals surface area contributed by atoms with E-state index in [1.165, 1.54) is 0 Å². The molecule has 0 saturated carbocycles. The van der Waals surface area contributed by atoms with Gasteiger partial charge < -0.3 is 15.1 Å². The average Bonchev–Trinajstić information content (AvgIpc) is 2.57. The van der Waals surface area contributed by atoms with Crippen molar-refractivity contribution in [2.24, 2.45) is 0 Å². The predicted molar refractivity (Wildman–Crippen MR) is 106 cm³/mol. The number of amides is 1. The maximum Gasteiger partial charge on any atom is 0.252 e. The van der Waals surface area contributed by atoms with Gasteiger partial charge in [-0.2, -0.15) is 0 Å². The quantitative estimate of drug-likeness (QED) is 0.820. The number of nitrogens with zero attached hydrogens (tertiary/aromatic N) is 2. The van der Waals surface area contributed by atoms with Crippen LogP contribution in [0.5, 0.6) is 0 Å². The summed E-state index contributed by atoms with van der Waals surface area (Å²) in [4.78, 5) is 16.6. The summed E-state index contributed by atoms with van der Waals surface area (Å²) in [7, 11) is 7.99. The number of carbonyl (C=O) groups excluding carboxylic acids is 1. The lowest BCUT2D eigenvalue weighted by Gasteiger charge is -2.26. The number of hydrogen-bond donors (Lipinski definition) is 1. The second-order valence-corrected chi connectivity index (χ2v) is 7.14. The Kier molecular flexibility index (Phi) is 6.71. The zero-order valence-corrected chi connectivity index (χ0v) is 16.4. The summed E-state index contributed by atoms with van der Waals surface area (Å²) >= 11 is 12.1. The third kappa shape index (κ3) is 5.11. The summed E-state index contributed by atoms with van der Waals surface area (Å²) in [6, 6.07) is 13.2. The zero-order valence-electron chi connectivity index (χ0n) is 14.9. The van der Waals surface area contributed by atoms with Crippen LogP contribution in [0.1, 0.15) is 22.0 Å². The fourth-order valence-corrected chi connectivity index (χ4v) is 2.92. The Bertz CT molecular complexity index is 730. The number of anilines is 1. The summed E-state index contributed by atoms with van der Waals surface area (Å²) in [6.07, 6.45) is 0. The van der Waals surface area contributed by atoms with Gasteiger partial charge in [-0.05, 0) is 50.0 Å². The number of hydrogen-bond acceptors (Lipinski definition) is 3. The van der Waals surface area contributed by atoms with Gasteiger partial charge in [0.25, 0.3) is 5.91 Å². The first kappa shape index (κ1) is 19.6. The Hall–Kier alpha value is -1.75. The predicted octanol–water partition coefficient (Wildman–Crippen LogP) is 4.09. The second-order valence-electron chi connectivity index (χ2n) is 6.30. The Morgan fingerprint density at radius 2 is 1.68 bits per heavy atom. The molecule has 0 aliphatic rings. The van der Waals surface area contributed by atoms with E-state index >= 15 is 0 Å². The van der Waals surface area contributed by atoms with Gasteiger partial charge in [-0.3, -0.25) is 4.79 Å². The Balaban J connectivity index is 2.11. The van der Waals surface area contributed by atoms with Crippen molar-refractivity contribution in [1.82, 2.24) is 10.2 Å². The molecule has 0 fully saturated rings. The normalized spacial score (nSPS) is 12.1. The van der Waals surface area contributed by atoms with E-state index in [4.69, 9.17) is 23.2 Å². The molecule has 1 amide bonds. The van der Waals surface area contributed by atoms with Gasteiger partial charge >= 0.3 is 0 Å². The summed E-state index contributed by atoms with van der Waals surface area (Å²) in [5.74, 6) is -0.232. The number of halogens is 2. The molecular weight excluding hydrogens is 357 g/mol. The molecule has 6 heteroatoms. The fraction of sp³-hybridized carbons (Fsp3) is 0.316. The van der Waals surface area contributed by atoms with Crippen LogP contribution in [0.2, 0.25) is 10.0 Å². The van der Waals surface area contributed by atoms with E-state index in [9.17, 15) is 4.79 Å². The van der Waals surface area contributed by atoms with Crippen molar-refractivity contribution >= 4 is 34.8 Å². The van der Waals surface area contributed by atoms with Crippen LogP contribution in [0.25, 0.3) is 0 Å². The molecule has 0 spiro atoms. The molecule has 2 aromatic rings. The van der Waals surface area contributed by atoms with Crippen LogP contribution in [-0.4, -0.2) is 45.5 Å². The minimum Gasteiger partial charge on any atom is -0.378 e. The molecule has 1 N–H and O–H groups in total. The molecule has 2 aromatic carbocycles. The summed E-state index contributed by atoms with van der Waals surface area (Å²) in [6.45, 7) is 0.468. The molecule has 0 saturated heterocycles. The van der Waals surface area contributed by atoms with Crippen LogP contribution in [0.4, 0.5) is 5.69 Å². The number of carbonyl (C=O) groups is 1. The molecule has 1 atom stereocenters. The van der Waals surface area contributed by atoms with Crippen LogP contribution in [0.15, 0.2) is 42.5 Å². The summed E-state index contributed by atoms with van der Waals surface area (Å²) in [5.41, 5.74) is 2.65. The molecule has 0 aromatic heterocycles. The monoisotopic (exact) mass is 379 g/mol. The van der Waals surface area contributed by atoms with Crippen molar-refractivity contribution in [3.05, 3.63) is 63.6 Å². The molecule has 0 bridgehead atoms. The lowest BCUT2D eigenvalue weighted by atomic mass is 10.0. The standard InChI is InChI=1S/C19H23Cl2N3O/c1-23(2)15-8-5-13(6-9-15)18(24(3)4)12-22-19(25)16-11-14(20)7-10-17(16)21/h5-11,18H,12H2,1-4H3,(H,22,25)/t18-/m0/s1. The highest BCUT2D eigenvalue weighted by Crippen LogP contribution is 2.23. The fourth-order valence-electron chi connectivity index (χ4n) is 2.55. The van der Waals surface area contributed by atoms with Crippen LogP contribution in [0, 0.1) is 0 Å². The SMILES string of the molecule is CN(C)c1ccc([C@H](CNC(=O)c2cc(Cl)ccc2Cl)N(C)C)cc1. The van der Waals surface area contributed by atoms with Gasteiger partial charge in [0.1, 0.15) is 0 Å². The van der Waals surface area contributed by atoms with Gasteiger partial charge in [0, 0.05) is 31.4 Å². The number of likely N-dealkylation sites (N-methyl/N-ethyl adjacent to an activating group) is 1. The third-order valence-electron chi connectivity index (χ3n) is 4.05. The first-order valence-corrected chi connectivity index (χ1v) is 8.72. The van der Waals surface area contributed by atoms with Crippen LogP contribution >= 0.6 is 23.2 Å². The van der Waals surface area contributed by atoms with Gasteiger partial charge in [-0.15, -0.1) is 0 Å². The smallest absolute Gasteiger partial charge is 0.252 e. The van der Waals surface area contributed by atoms with Crippen molar-refractivity contribution in [1.29, 1.82) is 0 Å². The Labute approximate surface area is 159 Å². The van der Waals surface area contributed by atoms with E-state index in [1.54, 1.807) is 18.2 Å². The van der Waals surface area contributed by atoms with Gasteiger partial charge in [-0.1, -0.05) is 35.3 Å². The van der Waals surface area contributed by atoms with Gasteiger partial charge in [0.15, 0.2) is 0 Å². The second kappa shape index (κ2) is 8.56. The molecule has 0 radical (unpaired) electrons. The Morgan fingerprint density at radius 1 is 1.04 bits per heavy atom. The average molecular weight is 380 g/mol. The molecule has 2 rings (SSSR count). The number of benzene rings is 2. The van der Waals surface area contributed by atoms with E-state index in [2.05, 4.69) is 39.4 Å². The summed E-state index contributed by atoms with van der Waals surface area (Å²) < 4.78 is 0. The van der Waals surface area contributed by atoms with E-state index in [-0.39, 0.29) is 11.9 Å². The van der Waals surface area contributed by atoms with Gasteiger partial charge in [0.2, 0.25) is 0 Å². The van der Waals surface area contributed by atoms with Crippen molar-refractivity contribution in [2.45, 2.75) is 6.04 Å². The first-order chi connectivity index (χ1) is 11.8. The van der Waals surface area contributed by atoms with Crippen LogP contribution in [0.3, 0.4) is 0 Å². The van der Waals surface area contributed by atoms with Gasteiger partial charge in [-0.25, -0.2) is 0 Å². The zero-order chi connectivity index (χ0) is 18.6. The molecule has 25 heavy (non-hydrogen) atoms.